The summed E-state index contributed by atoms with van der Waals surface area (Å²) in [6.45, 7) is 0.000703. The molecule has 0 saturated carbocycles. The second-order valence-electron chi connectivity index (χ2n) is 3.08. The van der Waals surface area contributed by atoms with Crippen LogP contribution in [0, 0.1) is 0 Å². The molecule has 0 aliphatic rings. The van der Waals surface area contributed by atoms with Gasteiger partial charge in [0.2, 0.25) is 5.91 Å². The molecule has 0 unspecified atom stereocenters. The lowest BCUT2D eigenvalue weighted by Crippen LogP contribution is -2.33. The van der Waals surface area contributed by atoms with Crippen molar-refractivity contribution < 1.29 is 14.3 Å². The summed E-state index contributed by atoms with van der Waals surface area (Å²) in [6, 6.07) is 3.79. The fraction of sp³-hybridized carbons (Fsp3) is 0.400. The van der Waals surface area contributed by atoms with E-state index in [4.69, 9.17) is 0 Å². The van der Waals surface area contributed by atoms with E-state index in [-0.39, 0.29) is 12.5 Å². The van der Waals surface area contributed by atoms with E-state index in [9.17, 15) is 9.59 Å². The number of rotatable bonds is 4. The lowest BCUT2D eigenvalue weighted by atomic mass is 10.3. The highest BCUT2D eigenvalue weighted by molar-refractivity contribution is 7.10. The van der Waals surface area contributed by atoms with Crippen LogP contribution in [0.25, 0.3) is 0 Å². The molecule has 0 aliphatic carbocycles. The average molecular weight is 227 g/mol. The van der Waals surface area contributed by atoms with Gasteiger partial charge in [-0.05, 0) is 11.4 Å². The van der Waals surface area contributed by atoms with Gasteiger partial charge in [0.1, 0.15) is 6.54 Å². The van der Waals surface area contributed by atoms with Crippen LogP contribution < -0.4 is 0 Å². The van der Waals surface area contributed by atoms with Crippen LogP contribution in [0.4, 0.5) is 0 Å². The minimum atomic E-state index is -0.406. The van der Waals surface area contributed by atoms with Crippen LogP contribution in [0.15, 0.2) is 17.5 Å². The maximum Gasteiger partial charge on any atom is 0.325 e. The number of ether oxygens (including phenoxy) is 1. The van der Waals surface area contributed by atoms with Crippen LogP contribution in [0.1, 0.15) is 4.88 Å². The summed E-state index contributed by atoms with van der Waals surface area (Å²) < 4.78 is 4.48. The smallest absolute Gasteiger partial charge is 0.325 e. The van der Waals surface area contributed by atoms with E-state index in [0.717, 1.165) is 4.88 Å². The summed E-state index contributed by atoms with van der Waals surface area (Å²) in [6.07, 6.45) is 0.338. The molecule has 0 radical (unpaired) electrons. The average Bonchev–Trinajstić information content (AvgIpc) is 2.70. The Kier molecular flexibility index (Phi) is 4.30. The molecule has 0 spiro atoms. The lowest BCUT2D eigenvalue weighted by Gasteiger charge is -2.14. The number of carbonyl (C=O) groups is 2. The topological polar surface area (TPSA) is 46.6 Å². The zero-order valence-corrected chi connectivity index (χ0v) is 9.54. The quantitative estimate of drug-likeness (QED) is 0.719. The Morgan fingerprint density at radius 2 is 2.27 bits per heavy atom. The van der Waals surface area contributed by atoms with Crippen molar-refractivity contribution in [2.75, 3.05) is 20.7 Å². The molecule has 5 heteroatoms. The highest BCUT2D eigenvalue weighted by Crippen LogP contribution is 2.10. The molecular weight excluding hydrogens is 214 g/mol. The van der Waals surface area contributed by atoms with E-state index in [1.54, 1.807) is 7.05 Å². The Balaban J connectivity index is 2.43. The normalized spacial score (nSPS) is 9.73. The largest absolute Gasteiger partial charge is 0.468 e. The maximum absolute atomic E-state index is 11.6. The van der Waals surface area contributed by atoms with Crippen molar-refractivity contribution >= 4 is 23.2 Å². The van der Waals surface area contributed by atoms with E-state index in [1.807, 2.05) is 17.5 Å². The van der Waals surface area contributed by atoms with Gasteiger partial charge in [-0.15, -0.1) is 11.3 Å². The standard InChI is InChI=1S/C10H13NO3S/c1-11(7-10(13)14-2)9(12)6-8-4-3-5-15-8/h3-5H,6-7H2,1-2H3. The minimum Gasteiger partial charge on any atom is -0.468 e. The van der Waals surface area contributed by atoms with E-state index in [0.29, 0.717) is 6.42 Å². The second kappa shape index (κ2) is 5.50. The second-order valence-corrected chi connectivity index (χ2v) is 4.11. The fourth-order valence-corrected chi connectivity index (χ4v) is 1.74. The van der Waals surface area contributed by atoms with E-state index in [2.05, 4.69) is 4.74 Å². The molecule has 1 heterocycles. The Bertz CT molecular complexity index is 334. The molecule has 1 aromatic heterocycles. The highest BCUT2D eigenvalue weighted by Gasteiger charge is 2.13. The number of carbonyl (C=O) groups excluding carboxylic acids is 2. The summed E-state index contributed by atoms with van der Waals surface area (Å²) in [5, 5.41) is 1.92. The minimum absolute atomic E-state index is 0.000703. The van der Waals surface area contributed by atoms with Gasteiger partial charge < -0.3 is 9.64 Å². The van der Waals surface area contributed by atoms with Gasteiger partial charge in [-0.1, -0.05) is 6.07 Å². The predicted octanol–water partition coefficient (Wildman–Crippen LogP) is 0.922. The first-order valence-electron chi connectivity index (χ1n) is 4.46. The van der Waals surface area contributed by atoms with Gasteiger partial charge in [-0.25, -0.2) is 0 Å². The van der Waals surface area contributed by atoms with Gasteiger partial charge in [0.15, 0.2) is 0 Å². The van der Waals surface area contributed by atoms with Crippen LogP contribution >= 0.6 is 11.3 Å². The van der Waals surface area contributed by atoms with E-state index in [1.165, 1.54) is 23.3 Å². The first-order valence-corrected chi connectivity index (χ1v) is 5.34. The zero-order valence-electron chi connectivity index (χ0n) is 8.73. The number of esters is 1. The molecular formula is C10H13NO3S. The van der Waals surface area contributed by atoms with Gasteiger partial charge in [-0.2, -0.15) is 0 Å². The molecule has 1 aromatic rings. The molecule has 1 amide bonds. The summed E-state index contributed by atoms with van der Waals surface area (Å²) in [7, 11) is 2.90. The third kappa shape index (κ3) is 3.71. The van der Waals surface area contributed by atoms with Crippen LogP contribution in [0.3, 0.4) is 0 Å². The summed E-state index contributed by atoms with van der Waals surface area (Å²) >= 11 is 1.53. The first-order chi connectivity index (χ1) is 7.13. The van der Waals surface area contributed by atoms with Crippen molar-refractivity contribution in [2.45, 2.75) is 6.42 Å². The van der Waals surface area contributed by atoms with Gasteiger partial charge in [0, 0.05) is 11.9 Å². The summed E-state index contributed by atoms with van der Waals surface area (Å²) in [5.41, 5.74) is 0. The Morgan fingerprint density at radius 3 is 2.80 bits per heavy atom. The van der Waals surface area contributed by atoms with E-state index < -0.39 is 5.97 Å². The van der Waals surface area contributed by atoms with E-state index >= 15 is 0 Å². The molecule has 15 heavy (non-hydrogen) atoms. The van der Waals surface area contributed by atoms with Crippen molar-refractivity contribution in [1.82, 2.24) is 4.90 Å². The monoisotopic (exact) mass is 227 g/mol. The number of likely N-dealkylation sites (N-methyl/N-ethyl adjacent to an activating group) is 1. The molecule has 0 aliphatic heterocycles. The summed E-state index contributed by atoms with van der Waals surface area (Å²) in [4.78, 5) is 24.9. The van der Waals surface area contributed by atoms with Crippen molar-refractivity contribution in [2.24, 2.45) is 0 Å². The van der Waals surface area contributed by atoms with Crippen molar-refractivity contribution in [3.05, 3.63) is 22.4 Å². The molecule has 82 valence electrons. The molecule has 0 aromatic carbocycles. The third-order valence-corrected chi connectivity index (χ3v) is 2.80. The first kappa shape index (κ1) is 11.7. The molecule has 0 fully saturated rings. The van der Waals surface area contributed by atoms with Gasteiger partial charge in [0.05, 0.1) is 13.5 Å². The molecule has 0 N–H and O–H groups in total. The maximum atomic E-state index is 11.6. The highest BCUT2D eigenvalue weighted by atomic mass is 32.1. The summed E-state index contributed by atoms with van der Waals surface area (Å²) in [5.74, 6) is -0.486. The van der Waals surface area contributed by atoms with Gasteiger partial charge in [0.25, 0.3) is 0 Å². The number of methoxy groups -OCH3 is 1. The van der Waals surface area contributed by atoms with Crippen molar-refractivity contribution in [3.63, 3.8) is 0 Å². The zero-order chi connectivity index (χ0) is 11.3. The number of thiophene rings is 1. The SMILES string of the molecule is COC(=O)CN(C)C(=O)Cc1cccs1. The van der Waals surface area contributed by atoms with Crippen LogP contribution in [0.2, 0.25) is 0 Å². The van der Waals surface area contributed by atoms with Crippen molar-refractivity contribution in [1.29, 1.82) is 0 Å². The molecule has 0 bridgehead atoms. The number of hydrogen-bond acceptors (Lipinski definition) is 4. The molecule has 1 rings (SSSR count). The van der Waals surface area contributed by atoms with Gasteiger partial charge >= 0.3 is 5.97 Å². The molecule has 0 atom stereocenters. The van der Waals surface area contributed by atoms with Crippen LogP contribution in [0.5, 0.6) is 0 Å². The Hall–Kier alpha value is -1.36. The Morgan fingerprint density at radius 1 is 1.53 bits per heavy atom. The fourth-order valence-electron chi connectivity index (χ4n) is 1.04. The van der Waals surface area contributed by atoms with Gasteiger partial charge in [-0.3, -0.25) is 9.59 Å². The van der Waals surface area contributed by atoms with Crippen LogP contribution in [-0.2, 0) is 20.7 Å². The molecule has 0 saturated heterocycles. The van der Waals surface area contributed by atoms with Crippen molar-refractivity contribution in [3.8, 4) is 0 Å². The number of nitrogens with zero attached hydrogens (tertiary/aromatic N) is 1. The van der Waals surface area contributed by atoms with Crippen LogP contribution in [-0.4, -0.2) is 37.5 Å². The number of amides is 1. The Labute approximate surface area is 92.5 Å². The molecule has 4 nitrogen and oxygen atoms in total. The predicted molar refractivity (Wildman–Crippen MR) is 57.7 cm³/mol. The lowest BCUT2D eigenvalue weighted by molar-refractivity contribution is -0.145. The number of hydrogen-bond donors (Lipinski definition) is 0. The third-order valence-electron chi connectivity index (χ3n) is 1.93.